The van der Waals surface area contributed by atoms with Gasteiger partial charge in [-0.1, -0.05) is 12.1 Å². The third kappa shape index (κ3) is 4.62. The highest BCUT2D eigenvalue weighted by atomic mass is 16.5. The van der Waals surface area contributed by atoms with Crippen molar-refractivity contribution in [2.24, 2.45) is 0 Å². The third-order valence-electron chi connectivity index (χ3n) is 7.34. The molecule has 0 saturated heterocycles. The summed E-state index contributed by atoms with van der Waals surface area (Å²) in [4.78, 5) is 0. The molecule has 4 atom stereocenters. The number of phenolic OH excluding ortho intramolecular Hbond substituents is 7. The van der Waals surface area contributed by atoms with E-state index < -0.39 is 41.7 Å². The van der Waals surface area contributed by atoms with E-state index in [2.05, 4.69) is 0 Å². The number of aromatic hydroxyl groups is 7. The molecule has 2 aliphatic heterocycles. The molecule has 4 aromatic carbocycles. The number of aliphatic hydroxyl groups is 2. The summed E-state index contributed by atoms with van der Waals surface area (Å²) in [6.07, 6.45) is -4.38. The molecule has 0 aromatic heterocycles. The fourth-order valence-electron chi connectivity index (χ4n) is 5.26. The Labute approximate surface area is 237 Å². The molecular weight excluding hydrogens is 552 g/mol. The van der Waals surface area contributed by atoms with Crippen LogP contribution in [0.25, 0.3) is 0 Å². The molecule has 0 bridgehead atoms. The van der Waals surface area contributed by atoms with E-state index in [1.54, 1.807) is 0 Å². The number of phenols is 7. The molecule has 0 radical (unpaired) electrons. The number of hydrogen-bond donors (Lipinski definition) is 9. The molecule has 0 amide bonds. The molecule has 2 heterocycles. The van der Waals surface area contributed by atoms with Crippen LogP contribution in [0.2, 0.25) is 0 Å². The van der Waals surface area contributed by atoms with Gasteiger partial charge in [-0.15, -0.1) is 0 Å². The predicted molar refractivity (Wildman–Crippen MR) is 144 cm³/mol. The van der Waals surface area contributed by atoms with Crippen molar-refractivity contribution in [3.63, 3.8) is 0 Å². The summed E-state index contributed by atoms with van der Waals surface area (Å²) in [5, 5.41) is 92.8. The fraction of sp³-hybridized carbons (Fsp3) is 0.200. The number of fused-ring (bicyclic) bond motifs is 2. The molecule has 12 nitrogen and oxygen atoms in total. The van der Waals surface area contributed by atoms with Crippen molar-refractivity contribution >= 4 is 0 Å². The molecule has 0 unspecified atom stereocenters. The normalized spacial score (nSPS) is 21.0. The van der Waals surface area contributed by atoms with E-state index in [1.165, 1.54) is 42.5 Å². The number of aliphatic hydroxyl groups excluding tert-OH is 2. The summed E-state index contributed by atoms with van der Waals surface area (Å²) in [6, 6.07) is 11.5. The SMILES string of the molecule is Oc1cc(O)c2c(c1)O[C@H](c1ccc(Oc3c(O)cc(O)c4c3O[C@H](c3ccc(O)c(O)c3)[C@@H](O)C4)c(O)c1)[C@@H](O)C2. The molecule has 0 spiro atoms. The minimum absolute atomic E-state index is 0.0296. The number of hydrogen-bond acceptors (Lipinski definition) is 12. The Hall–Kier alpha value is -5.20. The summed E-state index contributed by atoms with van der Waals surface area (Å²) in [5.74, 6) is -2.84. The minimum Gasteiger partial charge on any atom is -0.508 e. The number of rotatable bonds is 4. The fourth-order valence-corrected chi connectivity index (χ4v) is 5.26. The molecule has 0 saturated carbocycles. The van der Waals surface area contributed by atoms with Crippen LogP contribution in [0, 0.1) is 0 Å². The van der Waals surface area contributed by atoms with Gasteiger partial charge in [0, 0.05) is 42.2 Å². The van der Waals surface area contributed by atoms with Gasteiger partial charge in [-0.2, -0.15) is 0 Å². The van der Waals surface area contributed by atoms with Gasteiger partial charge in [0.25, 0.3) is 0 Å². The highest BCUT2D eigenvalue weighted by molar-refractivity contribution is 5.64. The second-order valence-electron chi connectivity index (χ2n) is 10.2. The first-order valence-corrected chi connectivity index (χ1v) is 12.8. The van der Waals surface area contributed by atoms with Crippen LogP contribution in [-0.4, -0.2) is 58.2 Å². The molecule has 218 valence electrons. The first-order chi connectivity index (χ1) is 20.0. The van der Waals surface area contributed by atoms with Gasteiger partial charge >= 0.3 is 0 Å². The summed E-state index contributed by atoms with van der Waals surface area (Å²) in [5.41, 5.74) is 1.12. The van der Waals surface area contributed by atoms with E-state index in [9.17, 15) is 46.0 Å². The molecule has 4 aromatic rings. The molecule has 42 heavy (non-hydrogen) atoms. The standard InChI is InChI=1S/C30H26O12/c31-14-7-18(33)15-9-22(37)27(41-26(15)8-14)13-2-4-25(21(36)6-13)40-30-24(39)11-19(34)16-10-23(38)28(42-29(16)30)12-1-3-17(32)20(35)5-12/h1-8,11,22-23,27-28,31-39H,9-10H2/t22-,23-,27+,28+/m0/s1. The number of ether oxygens (including phenoxy) is 3. The first kappa shape index (κ1) is 27.0. The van der Waals surface area contributed by atoms with Crippen LogP contribution >= 0.6 is 0 Å². The monoisotopic (exact) mass is 578 g/mol. The maximum absolute atomic E-state index is 10.8. The average Bonchev–Trinajstić information content (AvgIpc) is 2.93. The van der Waals surface area contributed by atoms with Crippen molar-refractivity contribution in [2.45, 2.75) is 37.3 Å². The average molecular weight is 579 g/mol. The van der Waals surface area contributed by atoms with Gasteiger partial charge in [0.1, 0.15) is 29.1 Å². The molecule has 2 aliphatic rings. The van der Waals surface area contributed by atoms with Gasteiger partial charge in [0.2, 0.25) is 5.75 Å². The van der Waals surface area contributed by atoms with Crippen molar-refractivity contribution in [1.29, 1.82) is 0 Å². The smallest absolute Gasteiger partial charge is 0.211 e. The largest absolute Gasteiger partial charge is 0.508 e. The molecule has 9 N–H and O–H groups in total. The van der Waals surface area contributed by atoms with Crippen molar-refractivity contribution in [3.05, 3.63) is 76.9 Å². The van der Waals surface area contributed by atoms with Crippen LogP contribution in [0.1, 0.15) is 34.5 Å². The Kier molecular flexibility index (Phi) is 6.44. The Morgan fingerprint density at radius 2 is 1.19 bits per heavy atom. The van der Waals surface area contributed by atoms with Crippen LogP contribution in [0.5, 0.6) is 63.2 Å². The summed E-state index contributed by atoms with van der Waals surface area (Å²) in [7, 11) is 0. The predicted octanol–water partition coefficient (Wildman–Crippen LogP) is 3.49. The lowest BCUT2D eigenvalue weighted by molar-refractivity contribution is 0.0180. The zero-order valence-electron chi connectivity index (χ0n) is 21.7. The van der Waals surface area contributed by atoms with Crippen LogP contribution in [0.3, 0.4) is 0 Å². The summed E-state index contributed by atoms with van der Waals surface area (Å²) >= 11 is 0. The van der Waals surface area contributed by atoms with Gasteiger partial charge in [0.05, 0.1) is 12.2 Å². The van der Waals surface area contributed by atoms with Crippen LogP contribution < -0.4 is 14.2 Å². The van der Waals surface area contributed by atoms with Gasteiger partial charge in [0.15, 0.2) is 40.6 Å². The van der Waals surface area contributed by atoms with Crippen molar-refractivity contribution in [1.82, 2.24) is 0 Å². The number of benzene rings is 4. The van der Waals surface area contributed by atoms with Crippen LogP contribution in [-0.2, 0) is 12.8 Å². The maximum Gasteiger partial charge on any atom is 0.211 e. The quantitative estimate of drug-likeness (QED) is 0.159. The molecule has 0 fully saturated rings. The van der Waals surface area contributed by atoms with Crippen molar-refractivity contribution in [2.75, 3.05) is 0 Å². The van der Waals surface area contributed by atoms with E-state index in [-0.39, 0.29) is 64.4 Å². The van der Waals surface area contributed by atoms with Gasteiger partial charge in [-0.3, -0.25) is 0 Å². The lowest BCUT2D eigenvalue weighted by atomic mass is 9.93. The Balaban J connectivity index is 1.31. The Bertz CT molecular complexity index is 1700. The third-order valence-corrected chi connectivity index (χ3v) is 7.34. The highest BCUT2D eigenvalue weighted by Gasteiger charge is 2.36. The van der Waals surface area contributed by atoms with Gasteiger partial charge in [-0.05, 0) is 35.4 Å². The molecule has 12 heteroatoms. The van der Waals surface area contributed by atoms with E-state index >= 15 is 0 Å². The molecule has 6 rings (SSSR count). The maximum atomic E-state index is 10.8. The summed E-state index contributed by atoms with van der Waals surface area (Å²) in [6.45, 7) is 0. The lowest BCUT2D eigenvalue weighted by Crippen LogP contribution is -2.30. The molecule has 0 aliphatic carbocycles. The van der Waals surface area contributed by atoms with Gasteiger partial charge < -0.3 is 60.2 Å². The van der Waals surface area contributed by atoms with E-state index in [0.717, 1.165) is 12.1 Å². The topological polar surface area (TPSA) is 210 Å². The Morgan fingerprint density at radius 3 is 1.88 bits per heavy atom. The van der Waals surface area contributed by atoms with Crippen molar-refractivity contribution < 1.29 is 60.2 Å². The highest BCUT2D eigenvalue weighted by Crippen LogP contribution is 2.52. The van der Waals surface area contributed by atoms with Crippen LogP contribution in [0.15, 0.2) is 54.6 Å². The van der Waals surface area contributed by atoms with Crippen molar-refractivity contribution in [3.8, 4) is 63.2 Å². The second kappa shape index (κ2) is 10.0. The Morgan fingerprint density at radius 1 is 0.571 bits per heavy atom. The van der Waals surface area contributed by atoms with Gasteiger partial charge in [-0.25, -0.2) is 0 Å². The van der Waals surface area contributed by atoms with E-state index in [1.807, 2.05) is 0 Å². The van der Waals surface area contributed by atoms with E-state index in [0.29, 0.717) is 16.7 Å². The molecular formula is C30H26O12. The lowest BCUT2D eigenvalue weighted by Gasteiger charge is -2.32. The summed E-state index contributed by atoms with van der Waals surface area (Å²) < 4.78 is 17.6. The first-order valence-electron chi connectivity index (χ1n) is 12.8. The van der Waals surface area contributed by atoms with Crippen LogP contribution in [0.4, 0.5) is 0 Å². The second-order valence-corrected chi connectivity index (χ2v) is 10.2. The van der Waals surface area contributed by atoms with E-state index in [4.69, 9.17) is 14.2 Å². The minimum atomic E-state index is -1.17. The zero-order valence-corrected chi connectivity index (χ0v) is 21.7. The zero-order chi connectivity index (χ0) is 29.9.